The van der Waals surface area contributed by atoms with Gasteiger partial charge in [0.15, 0.2) is 0 Å². The quantitative estimate of drug-likeness (QED) is 0.681. The van der Waals surface area contributed by atoms with E-state index >= 15 is 0 Å². The Hall–Kier alpha value is -0.600. The molecular weight excluding hydrogens is 200 g/mol. The normalized spacial score (nSPS) is 59.9. The summed E-state index contributed by atoms with van der Waals surface area (Å²) in [4.78, 5) is 0. The van der Waals surface area contributed by atoms with Crippen LogP contribution in [0.1, 0.15) is 0 Å². The molecule has 86 valence electrons. The molecule has 4 rings (SSSR count). The van der Waals surface area contributed by atoms with Crippen molar-refractivity contribution in [3.63, 3.8) is 0 Å². The maximum absolute atomic E-state index is 9.57. The molecule has 16 heavy (non-hydrogen) atoms. The van der Waals surface area contributed by atoms with Gasteiger partial charge < -0.3 is 10.2 Å². The van der Waals surface area contributed by atoms with Crippen molar-refractivity contribution in [1.29, 1.82) is 0 Å². The first-order chi connectivity index (χ1) is 7.86. The SMILES string of the molecule is OCC1[C@H]2C=C[C@@H]3C(CO)[C@@H]4C=C[C@@H]1C4C23. The van der Waals surface area contributed by atoms with Gasteiger partial charge in [0.05, 0.1) is 0 Å². The van der Waals surface area contributed by atoms with Crippen molar-refractivity contribution in [2.45, 2.75) is 0 Å². The van der Waals surface area contributed by atoms with E-state index in [2.05, 4.69) is 24.3 Å². The second-order valence-corrected chi connectivity index (χ2v) is 5.93. The molecule has 0 bridgehead atoms. The first-order valence-electron chi connectivity index (χ1n) is 6.45. The standard InChI is InChI=1S/C14H18O2/c15-5-11-7-1-2-8-12(6-16)10-4-3-9(11)14(10)13(7)8/h1-4,7-16H,5-6H2/t7-,8-,9+,10+,11?,12?,13?,14?. The van der Waals surface area contributed by atoms with Crippen molar-refractivity contribution in [3.8, 4) is 0 Å². The van der Waals surface area contributed by atoms with Gasteiger partial charge in [-0.1, -0.05) is 24.3 Å². The zero-order valence-electron chi connectivity index (χ0n) is 9.24. The summed E-state index contributed by atoms with van der Waals surface area (Å²) in [6.45, 7) is 0.639. The Balaban J connectivity index is 1.80. The molecule has 0 aromatic rings. The largest absolute Gasteiger partial charge is 0.396 e. The molecule has 0 amide bonds. The predicted molar refractivity (Wildman–Crippen MR) is 60.4 cm³/mol. The summed E-state index contributed by atoms with van der Waals surface area (Å²) in [7, 11) is 0. The smallest absolute Gasteiger partial charge is 0.0470 e. The summed E-state index contributed by atoms with van der Waals surface area (Å²) in [6.07, 6.45) is 9.28. The van der Waals surface area contributed by atoms with Gasteiger partial charge in [0, 0.05) is 13.2 Å². The average molecular weight is 218 g/mol. The van der Waals surface area contributed by atoms with E-state index in [4.69, 9.17) is 0 Å². The van der Waals surface area contributed by atoms with Crippen LogP contribution in [0.25, 0.3) is 0 Å². The molecule has 4 aliphatic rings. The molecular formula is C14H18O2. The molecule has 4 aliphatic carbocycles. The molecule has 0 aromatic carbocycles. The van der Waals surface area contributed by atoms with Gasteiger partial charge in [-0.2, -0.15) is 0 Å². The number of aliphatic hydroxyl groups excluding tert-OH is 2. The zero-order valence-corrected chi connectivity index (χ0v) is 9.24. The fourth-order valence-corrected chi connectivity index (χ4v) is 5.28. The number of hydrogen-bond donors (Lipinski definition) is 2. The Labute approximate surface area is 95.7 Å². The third-order valence-electron chi connectivity index (χ3n) is 5.73. The lowest BCUT2D eigenvalue weighted by molar-refractivity contribution is 0.149. The van der Waals surface area contributed by atoms with E-state index in [0.717, 1.165) is 0 Å². The minimum absolute atomic E-state index is 0.320. The van der Waals surface area contributed by atoms with Gasteiger partial charge in [-0.3, -0.25) is 0 Å². The number of aliphatic hydroxyl groups is 2. The van der Waals surface area contributed by atoms with Crippen LogP contribution in [-0.4, -0.2) is 23.4 Å². The van der Waals surface area contributed by atoms with Crippen molar-refractivity contribution in [1.82, 2.24) is 0 Å². The molecule has 0 radical (unpaired) electrons. The van der Waals surface area contributed by atoms with Crippen molar-refractivity contribution in [2.24, 2.45) is 47.3 Å². The number of allylic oxidation sites excluding steroid dienone is 4. The Morgan fingerprint density at radius 2 is 0.938 bits per heavy atom. The maximum atomic E-state index is 9.57. The molecule has 2 N–H and O–H groups in total. The first kappa shape index (κ1) is 9.43. The number of hydrogen-bond acceptors (Lipinski definition) is 2. The van der Waals surface area contributed by atoms with Crippen LogP contribution in [-0.2, 0) is 0 Å². The third-order valence-corrected chi connectivity index (χ3v) is 5.73. The van der Waals surface area contributed by atoms with Crippen molar-refractivity contribution in [2.75, 3.05) is 13.2 Å². The average Bonchev–Trinajstić information content (AvgIpc) is 2.95. The van der Waals surface area contributed by atoms with Gasteiger partial charge in [0.25, 0.3) is 0 Å². The van der Waals surface area contributed by atoms with E-state index < -0.39 is 0 Å². The van der Waals surface area contributed by atoms with Gasteiger partial charge in [0.2, 0.25) is 0 Å². The van der Waals surface area contributed by atoms with Gasteiger partial charge in [-0.25, -0.2) is 0 Å². The van der Waals surface area contributed by atoms with Crippen LogP contribution in [0, 0.1) is 47.3 Å². The van der Waals surface area contributed by atoms with Crippen LogP contribution < -0.4 is 0 Å². The van der Waals surface area contributed by atoms with Crippen molar-refractivity contribution < 1.29 is 10.2 Å². The fourth-order valence-electron chi connectivity index (χ4n) is 5.28. The highest BCUT2D eigenvalue weighted by molar-refractivity contribution is 5.29. The van der Waals surface area contributed by atoms with Crippen LogP contribution in [0.3, 0.4) is 0 Å². The second kappa shape index (κ2) is 2.99. The highest BCUT2D eigenvalue weighted by atomic mass is 16.3. The summed E-state index contributed by atoms with van der Waals surface area (Å²) in [5.41, 5.74) is 0. The highest BCUT2D eigenvalue weighted by Gasteiger charge is 2.63. The van der Waals surface area contributed by atoms with Crippen LogP contribution in [0.15, 0.2) is 24.3 Å². The number of rotatable bonds is 2. The van der Waals surface area contributed by atoms with Crippen LogP contribution >= 0.6 is 0 Å². The van der Waals surface area contributed by atoms with E-state index in [1.807, 2.05) is 0 Å². The first-order valence-corrected chi connectivity index (χ1v) is 6.45. The van der Waals surface area contributed by atoms with Gasteiger partial charge in [-0.15, -0.1) is 0 Å². The lowest BCUT2D eigenvalue weighted by atomic mass is 9.84. The summed E-state index contributed by atoms with van der Waals surface area (Å²) in [5.74, 6) is 4.61. The van der Waals surface area contributed by atoms with E-state index in [1.54, 1.807) is 0 Å². The third kappa shape index (κ3) is 0.844. The molecule has 0 aliphatic heterocycles. The van der Waals surface area contributed by atoms with Crippen molar-refractivity contribution >= 4 is 0 Å². The molecule has 0 spiro atoms. The Kier molecular flexibility index (Phi) is 1.76. The van der Waals surface area contributed by atoms with E-state index in [9.17, 15) is 10.2 Å². The molecule has 2 heteroatoms. The Morgan fingerprint density at radius 1 is 0.625 bits per heavy atom. The van der Waals surface area contributed by atoms with Crippen LogP contribution in [0.5, 0.6) is 0 Å². The molecule has 6 atom stereocenters. The maximum Gasteiger partial charge on any atom is 0.0470 e. The minimum atomic E-state index is 0.320. The van der Waals surface area contributed by atoms with Crippen molar-refractivity contribution in [3.05, 3.63) is 24.3 Å². The predicted octanol–water partition coefficient (Wildman–Crippen LogP) is 1.07. The molecule has 0 aromatic heterocycles. The summed E-state index contributed by atoms with van der Waals surface area (Å²) in [5, 5.41) is 19.1. The summed E-state index contributed by atoms with van der Waals surface area (Å²) in [6, 6.07) is 0. The topological polar surface area (TPSA) is 40.5 Å². The molecule has 2 unspecified atom stereocenters. The minimum Gasteiger partial charge on any atom is -0.396 e. The summed E-state index contributed by atoms with van der Waals surface area (Å²) >= 11 is 0. The van der Waals surface area contributed by atoms with E-state index in [-0.39, 0.29) is 0 Å². The van der Waals surface area contributed by atoms with Crippen LogP contribution in [0.4, 0.5) is 0 Å². The lowest BCUT2D eigenvalue weighted by Gasteiger charge is -2.22. The monoisotopic (exact) mass is 218 g/mol. The molecule has 2 saturated carbocycles. The fraction of sp³-hybridized carbons (Fsp3) is 0.714. The lowest BCUT2D eigenvalue weighted by Crippen LogP contribution is -2.22. The van der Waals surface area contributed by atoms with Gasteiger partial charge >= 0.3 is 0 Å². The Morgan fingerprint density at radius 3 is 1.19 bits per heavy atom. The molecule has 0 heterocycles. The van der Waals surface area contributed by atoms with E-state index in [0.29, 0.717) is 60.6 Å². The zero-order chi connectivity index (χ0) is 10.9. The van der Waals surface area contributed by atoms with Gasteiger partial charge in [0.1, 0.15) is 0 Å². The van der Waals surface area contributed by atoms with Gasteiger partial charge in [-0.05, 0) is 47.3 Å². The summed E-state index contributed by atoms with van der Waals surface area (Å²) < 4.78 is 0. The second-order valence-electron chi connectivity index (χ2n) is 5.93. The highest BCUT2D eigenvalue weighted by Crippen LogP contribution is 2.66. The molecule has 2 fully saturated rings. The molecule has 0 saturated heterocycles. The Bertz CT molecular complexity index is 309. The van der Waals surface area contributed by atoms with Crippen LogP contribution in [0.2, 0.25) is 0 Å². The molecule has 2 nitrogen and oxygen atoms in total. The van der Waals surface area contributed by atoms with E-state index in [1.165, 1.54) is 0 Å².